The standard InChI is InChI=1S/C20H22N4O3S/c1-13-14(2)28-19-17(13)20(27)24(12-23-19)11-8-16(25)21-9-10-22-18(26)15-6-4-3-5-7-15/h3-7,12H,8-11H2,1-2H3,(H,21,25)(H,22,26). The Morgan fingerprint density at radius 3 is 2.57 bits per heavy atom. The first-order valence-electron chi connectivity index (χ1n) is 9.02. The molecule has 146 valence electrons. The van der Waals surface area contributed by atoms with E-state index in [-0.39, 0.29) is 30.3 Å². The molecule has 2 aromatic heterocycles. The number of nitrogens with zero attached hydrogens (tertiary/aromatic N) is 2. The van der Waals surface area contributed by atoms with E-state index in [2.05, 4.69) is 15.6 Å². The van der Waals surface area contributed by atoms with E-state index in [9.17, 15) is 14.4 Å². The minimum Gasteiger partial charge on any atom is -0.354 e. The second kappa shape index (κ2) is 8.79. The van der Waals surface area contributed by atoms with Gasteiger partial charge in [0.25, 0.3) is 11.5 Å². The highest BCUT2D eigenvalue weighted by molar-refractivity contribution is 7.18. The molecule has 2 heterocycles. The van der Waals surface area contributed by atoms with Crippen molar-refractivity contribution in [3.63, 3.8) is 0 Å². The summed E-state index contributed by atoms with van der Waals surface area (Å²) in [7, 11) is 0. The second-order valence-electron chi connectivity index (χ2n) is 6.43. The van der Waals surface area contributed by atoms with E-state index in [0.717, 1.165) is 15.3 Å². The third-order valence-electron chi connectivity index (χ3n) is 4.50. The molecule has 0 radical (unpaired) electrons. The van der Waals surface area contributed by atoms with E-state index in [1.165, 1.54) is 22.2 Å². The molecule has 3 rings (SSSR count). The topological polar surface area (TPSA) is 93.1 Å². The largest absolute Gasteiger partial charge is 0.354 e. The van der Waals surface area contributed by atoms with Crippen molar-refractivity contribution in [2.45, 2.75) is 26.8 Å². The van der Waals surface area contributed by atoms with Gasteiger partial charge < -0.3 is 10.6 Å². The van der Waals surface area contributed by atoms with Gasteiger partial charge in [-0.1, -0.05) is 18.2 Å². The molecule has 0 fully saturated rings. The van der Waals surface area contributed by atoms with E-state index < -0.39 is 0 Å². The Hall–Kier alpha value is -3.00. The first-order chi connectivity index (χ1) is 13.5. The van der Waals surface area contributed by atoms with Crippen molar-refractivity contribution in [2.75, 3.05) is 13.1 Å². The molecule has 0 saturated carbocycles. The number of benzene rings is 1. The number of aryl methyl sites for hydroxylation is 3. The van der Waals surface area contributed by atoms with Crippen LogP contribution in [0.5, 0.6) is 0 Å². The lowest BCUT2D eigenvalue weighted by Crippen LogP contribution is -2.35. The number of carbonyl (C=O) groups excluding carboxylic acids is 2. The Balaban J connectivity index is 1.46. The molecule has 2 amide bonds. The Morgan fingerprint density at radius 1 is 1.11 bits per heavy atom. The summed E-state index contributed by atoms with van der Waals surface area (Å²) in [5.74, 6) is -0.360. The molecule has 0 atom stereocenters. The summed E-state index contributed by atoms with van der Waals surface area (Å²) in [5.41, 5.74) is 1.41. The Labute approximate surface area is 166 Å². The summed E-state index contributed by atoms with van der Waals surface area (Å²) < 4.78 is 1.47. The number of hydrogen-bond acceptors (Lipinski definition) is 5. The number of thiophene rings is 1. The number of fused-ring (bicyclic) bond motifs is 1. The fourth-order valence-corrected chi connectivity index (χ4v) is 3.80. The number of aromatic nitrogens is 2. The van der Waals surface area contributed by atoms with Crippen molar-refractivity contribution in [1.82, 2.24) is 20.2 Å². The highest BCUT2D eigenvalue weighted by Gasteiger charge is 2.12. The summed E-state index contributed by atoms with van der Waals surface area (Å²) in [4.78, 5) is 42.7. The summed E-state index contributed by atoms with van der Waals surface area (Å²) in [6.07, 6.45) is 1.66. The zero-order chi connectivity index (χ0) is 20.1. The van der Waals surface area contributed by atoms with Crippen LogP contribution >= 0.6 is 11.3 Å². The lowest BCUT2D eigenvalue weighted by Gasteiger charge is -2.08. The summed E-state index contributed by atoms with van der Waals surface area (Å²) in [6, 6.07) is 8.89. The van der Waals surface area contributed by atoms with E-state index in [4.69, 9.17) is 0 Å². The van der Waals surface area contributed by atoms with E-state index in [1.54, 1.807) is 24.3 Å². The highest BCUT2D eigenvalue weighted by Crippen LogP contribution is 2.25. The molecule has 0 spiro atoms. The molecular weight excluding hydrogens is 376 g/mol. The highest BCUT2D eigenvalue weighted by atomic mass is 32.1. The van der Waals surface area contributed by atoms with E-state index >= 15 is 0 Å². The lowest BCUT2D eigenvalue weighted by atomic mass is 10.2. The van der Waals surface area contributed by atoms with Crippen LogP contribution in [0.2, 0.25) is 0 Å². The van der Waals surface area contributed by atoms with Crippen LogP contribution < -0.4 is 16.2 Å². The van der Waals surface area contributed by atoms with Gasteiger partial charge in [-0.3, -0.25) is 19.0 Å². The fourth-order valence-electron chi connectivity index (χ4n) is 2.81. The quantitative estimate of drug-likeness (QED) is 0.596. The van der Waals surface area contributed by atoms with Gasteiger partial charge in [0.1, 0.15) is 4.83 Å². The lowest BCUT2D eigenvalue weighted by molar-refractivity contribution is -0.121. The van der Waals surface area contributed by atoms with Crippen molar-refractivity contribution >= 4 is 33.4 Å². The summed E-state index contributed by atoms with van der Waals surface area (Å²) in [6.45, 7) is 4.80. The Morgan fingerprint density at radius 2 is 1.82 bits per heavy atom. The average Bonchev–Trinajstić information content (AvgIpc) is 2.99. The molecule has 7 nitrogen and oxygen atoms in total. The predicted molar refractivity (Wildman–Crippen MR) is 110 cm³/mol. The van der Waals surface area contributed by atoms with Crippen LogP contribution in [0.4, 0.5) is 0 Å². The smallest absolute Gasteiger partial charge is 0.262 e. The van der Waals surface area contributed by atoms with Crippen LogP contribution in [0.3, 0.4) is 0 Å². The van der Waals surface area contributed by atoms with Crippen molar-refractivity contribution in [1.29, 1.82) is 0 Å². The zero-order valence-electron chi connectivity index (χ0n) is 15.8. The number of nitrogens with one attached hydrogen (secondary N) is 2. The minimum absolute atomic E-state index is 0.116. The maximum Gasteiger partial charge on any atom is 0.262 e. The van der Waals surface area contributed by atoms with Crippen molar-refractivity contribution in [2.24, 2.45) is 0 Å². The van der Waals surface area contributed by atoms with Crippen LogP contribution in [0.25, 0.3) is 10.2 Å². The van der Waals surface area contributed by atoms with Gasteiger partial charge >= 0.3 is 0 Å². The van der Waals surface area contributed by atoms with E-state index in [1.807, 2.05) is 19.9 Å². The van der Waals surface area contributed by atoms with Gasteiger partial charge in [0.05, 0.1) is 11.7 Å². The van der Waals surface area contributed by atoms with Crippen LogP contribution in [0.1, 0.15) is 27.2 Å². The monoisotopic (exact) mass is 398 g/mol. The molecule has 0 aliphatic rings. The maximum absolute atomic E-state index is 12.6. The van der Waals surface area contributed by atoms with E-state index in [0.29, 0.717) is 24.0 Å². The second-order valence-corrected chi connectivity index (χ2v) is 7.63. The number of carbonyl (C=O) groups is 2. The molecule has 1 aromatic carbocycles. The van der Waals surface area contributed by atoms with Crippen LogP contribution in [-0.4, -0.2) is 34.5 Å². The molecular formula is C20H22N4O3S. The van der Waals surface area contributed by atoms with Crippen molar-refractivity contribution < 1.29 is 9.59 Å². The zero-order valence-corrected chi connectivity index (χ0v) is 16.6. The van der Waals surface area contributed by atoms with Gasteiger partial charge in [0, 0.05) is 36.5 Å². The van der Waals surface area contributed by atoms with Gasteiger partial charge in [-0.2, -0.15) is 0 Å². The van der Waals surface area contributed by atoms with Crippen LogP contribution in [0, 0.1) is 13.8 Å². The first-order valence-corrected chi connectivity index (χ1v) is 9.84. The number of hydrogen-bond donors (Lipinski definition) is 2. The fraction of sp³-hybridized carbons (Fsp3) is 0.300. The summed E-state index contributed by atoms with van der Waals surface area (Å²) >= 11 is 1.50. The molecule has 28 heavy (non-hydrogen) atoms. The van der Waals surface area contributed by atoms with Gasteiger partial charge in [-0.15, -0.1) is 11.3 Å². The Bertz CT molecular complexity index is 1060. The van der Waals surface area contributed by atoms with Crippen LogP contribution in [-0.2, 0) is 11.3 Å². The SMILES string of the molecule is Cc1sc2ncn(CCC(=O)NCCNC(=O)c3ccccc3)c(=O)c2c1C. The van der Waals surface area contributed by atoms with Gasteiger partial charge in [-0.05, 0) is 31.5 Å². The van der Waals surface area contributed by atoms with Gasteiger partial charge in [-0.25, -0.2) is 4.98 Å². The predicted octanol–water partition coefficient (Wildman–Crippen LogP) is 2.01. The maximum atomic E-state index is 12.6. The van der Waals surface area contributed by atoms with Crippen LogP contribution in [0.15, 0.2) is 41.5 Å². The van der Waals surface area contributed by atoms with Crippen molar-refractivity contribution in [3.05, 3.63) is 63.0 Å². The van der Waals surface area contributed by atoms with Crippen molar-refractivity contribution in [3.8, 4) is 0 Å². The summed E-state index contributed by atoms with van der Waals surface area (Å²) in [5, 5.41) is 6.13. The molecule has 0 unspecified atom stereocenters. The molecule has 0 saturated heterocycles. The molecule has 0 aliphatic heterocycles. The molecule has 0 bridgehead atoms. The van der Waals surface area contributed by atoms with Gasteiger partial charge in [0.15, 0.2) is 0 Å². The minimum atomic E-state index is -0.181. The normalized spacial score (nSPS) is 10.8. The molecule has 8 heteroatoms. The Kier molecular flexibility index (Phi) is 6.20. The average molecular weight is 398 g/mol. The molecule has 3 aromatic rings. The van der Waals surface area contributed by atoms with Gasteiger partial charge in [0.2, 0.25) is 5.91 Å². The first kappa shape index (κ1) is 19.8. The number of amides is 2. The molecule has 0 aliphatic carbocycles. The third-order valence-corrected chi connectivity index (χ3v) is 5.62. The third kappa shape index (κ3) is 4.45. The molecule has 2 N–H and O–H groups in total. The number of rotatable bonds is 7.